The second-order valence-electron chi connectivity index (χ2n) is 5.23. The summed E-state index contributed by atoms with van der Waals surface area (Å²) in [6.45, 7) is 1.88. The highest BCUT2D eigenvalue weighted by atomic mass is 35.5. The van der Waals surface area contributed by atoms with Crippen molar-refractivity contribution in [3.8, 4) is 0 Å². The van der Waals surface area contributed by atoms with Crippen LogP contribution >= 0.6 is 12.4 Å². The Morgan fingerprint density at radius 1 is 1.24 bits per heavy atom. The molecule has 3 atom stereocenters. The molecule has 2 fully saturated rings. The standard InChI is InChI=1S/C13H19NO2.ClH/c15-11-9-3-1-2-4-10(9)13(12(11)16)5-7-14-8-6-13;/h1-2,4,9,11-12,14-16H,3,5-8H2;1H. The van der Waals surface area contributed by atoms with Gasteiger partial charge >= 0.3 is 0 Å². The van der Waals surface area contributed by atoms with Crippen LogP contribution < -0.4 is 5.32 Å². The van der Waals surface area contributed by atoms with E-state index in [1.165, 1.54) is 5.57 Å². The largest absolute Gasteiger partial charge is 0.390 e. The van der Waals surface area contributed by atoms with E-state index in [4.69, 9.17) is 0 Å². The van der Waals surface area contributed by atoms with Crippen molar-refractivity contribution < 1.29 is 10.2 Å². The maximum Gasteiger partial charge on any atom is 0.0899 e. The smallest absolute Gasteiger partial charge is 0.0899 e. The maximum absolute atomic E-state index is 10.4. The van der Waals surface area contributed by atoms with E-state index in [2.05, 4.69) is 23.5 Å². The van der Waals surface area contributed by atoms with E-state index in [9.17, 15) is 10.2 Å². The Bertz CT molecular complexity index is 347. The van der Waals surface area contributed by atoms with Crippen LogP contribution in [0.4, 0.5) is 0 Å². The maximum atomic E-state index is 10.4. The zero-order valence-electron chi connectivity index (χ0n) is 9.80. The zero-order chi connectivity index (χ0) is 11.2. The van der Waals surface area contributed by atoms with Gasteiger partial charge in [0, 0.05) is 11.3 Å². The van der Waals surface area contributed by atoms with Gasteiger partial charge in [-0.1, -0.05) is 23.8 Å². The van der Waals surface area contributed by atoms with Crippen molar-refractivity contribution >= 4 is 12.4 Å². The summed E-state index contributed by atoms with van der Waals surface area (Å²) in [7, 11) is 0. The molecule has 0 aromatic heterocycles. The van der Waals surface area contributed by atoms with Crippen LogP contribution in [0.3, 0.4) is 0 Å². The Hall–Kier alpha value is -0.350. The van der Waals surface area contributed by atoms with Gasteiger partial charge in [-0.3, -0.25) is 0 Å². The average molecular weight is 258 g/mol. The van der Waals surface area contributed by atoms with E-state index >= 15 is 0 Å². The highest BCUT2D eigenvalue weighted by Gasteiger charge is 2.55. The van der Waals surface area contributed by atoms with Gasteiger partial charge in [0.15, 0.2) is 0 Å². The first-order valence-corrected chi connectivity index (χ1v) is 6.20. The molecule has 4 heteroatoms. The Morgan fingerprint density at radius 2 is 1.94 bits per heavy atom. The summed E-state index contributed by atoms with van der Waals surface area (Å²) in [6.07, 6.45) is 7.89. The number of allylic oxidation sites excluding steroid dienone is 3. The lowest BCUT2D eigenvalue weighted by Crippen LogP contribution is -2.44. The Morgan fingerprint density at radius 3 is 2.65 bits per heavy atom. The number of hydrogen-bond donors (Lipinski definition) is 3. The van der Waals surface area contributed by atoms with Crippen LogP contribution in [0.5, 0.6) is 0 Å². The molecule has 96 valence electrons. The van der Waals surface area contributed by atoms with Crippen LogP contribution in [0.1, 0.15) is 19.3 Å². The number of aliphatic hydroxyl groups is 2. The lowest BCUT2D eigenvalue weighted by molar-refractivity contribution is -0.0357. The Kier molecular flexibility index (Phi) is 3.64. The van der Waals surface area contributed by atoms with Crippen LogP contribution in [0.15, 0.2) is 23.8 Å². The fourth-order valence-corrected chi connectivity index (χ4v) is 3.68. The normalized spacial score (nSPS) is 38.5. The molecule has 1 saturated heterocycles. The number of piperidine rings is 1. The number of rotatable bonds is 0. The minimum absolute atomic E-state index is 0. The van der Waals surface area contributed by atoms with Gasteiger partial charge in [0.25, 0.3) is 0 Å². The number of hydrogen-bond acceptors (Lipinski definition) is 3. The summed E-state index contributed by atoms with van der Waals surface area (Å²) in [6, 6.07) is 0. The third kappa shape index (κ3) is 1.76. The fourth-order valence-electron chi connectivity index (χ4n) is 3.68. The Labute approximate surface area is 108 Å². The summed E-state index contributed by atoms with van der Waals surface area (Å²) in [5.74, 6) is 0.151. The first kappa shape index (κ1) is 13.1. The van der Waals surface area contributed by atoms with E-state index in [0.717, 1.165) is 32.4 Å². The van der Waals surface area contributed by atoms with Gasteiger partial charge in [-0.2, -0.15) is 0 Å². The van der Waals surface area contributed by atoms with Gasteiger partial charge in [-0.15, -0.1) is 12.4 Å². The molecule has 3 unspecified atom stereocenters. The fraction of sp³-hybridized carbons (Fsp3) is 0.692. The first-order chi connectivity index (χ1) is 7.76. The highest BCUT2D eigenvalue weighted by Crippen LogP contribution is 2.54. The quantitative estimate of drug-likeness (QED) is 0.607. The van der Waals surface area contributed by atoms with Gasteiger partial charge in [-0.05, 0) is 32.4 Å². The molecule has 1 aliphatic heterocycles. The van der Waals surface area contributed by atoms with Crippen molar-refractivity contribution in [2.45, 2.75) is 31.5 Å². The summed E-state index contributed by atoms with van der Waals surface area (Å²) in [5.41, 5.74) is 1.14. The van der Waals surface area contributed by atoms with Crippen molar-refractivity contribution in [3.05, 3.63) is 23.8 Å². The van der Waals surface area contributed by atoms with Gasteiger partial charge in [-0.25, -0.2) is 0 Å². The molecule has 0 bridgehead atoms. The topological polar surface area (TPSA) is 52.5 Å². The van der Waals surface area contributed by atoms with E-state index in [1.54, 1.807) is 0 Å². The molecule has 0 aromatic rings. The van der Waals surface area contributed by atoms with Crippen LogP contribution in [0.25, 0.3) is 0 Å². The lowest BCUT2D eigenvalue weighted by atomic mass is 9.71. The predicted octanol–water partition coefficient (Wildman–Crippen LogP) is 1.02. The summed E-state index contributed by atoms with van der Waals surface area (Å²) < 4.78 is 0. The molecule has 1 spiro atoms. The molecule has 3 N–H and O–H groups in total. The molecule has 2 aliphatic carbocycles. The van der Waals surface area contributed by atoms with Crippen molar-refractivity contribution in [2.24, 2.45) is 11.3 Å². The van der Waals surface area contributed by atoms with Gasteiger partial charge < -0.3 is 15.5 Å². The second kappa shape index (κ2) is 4.73. The summed E-state index contributed by atoms with van der Waals surface area (Å²) >= 11 is 0. The molecular formula is C13H20ClNO2. The molecule has 3 rings (SSSR count). The highest BCUT2D eigenvalue weighted by molar-refractivity contribution is 5.85. The number of nitrogens with one attached hydrogen (secondary N) is 1. The number of aliphatic hydroxyl groups excluding tert-OH is 2. The summed E-state index contributed by atoms with van der Waals surface area (Å²) in [5, 5.41) is 23.9. The molecule has 0 radical (unpaired) electrons. The molecule has 3 nitrogen and oxygen atoms in total. The third-order valence-electron chi connectivity index (χ3n) is 4.57. The van der Waals surface area contributed by atoms with Crippen molar-refractivity contribution in [1.29, 1.82) is 0 Å². The van der Waals surface area contributed by atoms with Gasteiger partial charge in [0.2, 0.25) is 0 Å². The van der Waals surface area contributed by atoms with E-state index in [1.807, 2.05) is 0 Å². The number of halogens is 1. The van der Waals surface area contributed by atoms with Crippen molar-refractivity contribution in [2.75, 3.05) is 13.1 Å². The molecule has 0 aromatic carbocycles. The molecule has 3 aliphatic rings. The predicted molar refractivity (Wildman–Crippen MR) is 69.1 cm³/mol. The minimum Gasteiger partial charge on any atom is -0.390 e. The van der Waals surface area contributed by atoms with Crippen LogP contribution in [-0.4, -0.2) is 35.5 Å². The van der Waals surface area contributed by atoms with Crippen molar-refractivity contribution in [1.82, 2.24) is 5.32 Å². The monoisotopic (exact) mass is 257 g/mol. The third-order valence-corrected chi connectivity index (χ3v) is 4.57. The van der Waals surface area contributed by atoms with Gasteiger partial charge in [0.05, 0.1) is 12.2 Å². The lowest BCUT2D eigenvalue weighted by Gasteiger charge is -2.39. The van der Waals surface area contributed by atoms with E-state index in [0.29, 0.717) is 0 Å². The molecular weight excluding hydrogens is 238 g/mol. The average Bonchev–Trinajstić information content (AvgIpc) is 2.55. The SMILES string of the molecule is Cl.OC1C2CC=CC=C2C2(CCNCC2)C1O. The van der Waals surface area contributed by atoms with E-state index < -0.39 is 12.2 Å². The Balaban J connectivity index is 0.00000108. The van der Waals surface area contributed by atoms with Crippen LogP contribution in [0.2, 0.25) is 0 Å². The molecule has 1 heterocycles. The molecule has 17 heavy (non-hydrogen) atoms. The summed E-state index contributed by atoms with van der Waals surface area (Å²) in [4.78, 5) is 0. The first-order valence-electron chi connectivity index (χ1n) is 6.20. The molecule has 0 amide bonds. The molecule has 1 saturated carbocycles. The van der Waals surface area contributed by atoms with Gasteiger partial charge in [0.1, 0.15) is 0 Å². The zero-order valence-corrected chi connectivity index (χ0v) is 10.6. The van der Waals surface area contributed by atoms with E-state index in [-0.39, 0.29) is 23.7 Å². The second-order valence-corrected chi connectivity index (χ2v) is 5.23. The number of fused-ring (bicyclic) bond motifs is 2. The van der Waals surface area contributed by atoms with Crippen molar-refractivity contribution in [3.63, 3.8) is 0 Å². The van der Waals surface area contributed by atoms with Crippen LogP contribution in [-0.2, 0) is 0 Å². The minimum atomic E-state index is -0.578. The van der Waals surface area contributed by atoms with Crippen LogP contribution in [0, 0.1) is 11.3 Å².